The Bertz CT molecular complexity index is 1090. The summed E-state index contributed by atoms with van der Waals surface area (Å²) in [4.78, 5) is 11.0. The maximum absolute atomic E-state index is 11.0. The summed E-state index contributed by atoms with van der Waals surface area (Å²) in [5, 5.41) is 0.237. The van der Waals surface area contributed by atoms with Crippen LogP contribution in [0.1, 0.15) is 100 Å². The van der Waals surface area contributed by atoms with Crippen molar-refractivity contribution in [3.8, 4) is 0 Å². The van der Waals surface area contributed by atoms with Crippen LogP contribution in [0.5, 0.6) is 0 Å². The predicted octanol–water partition coefficient (Wildman–Crippen LogP) is 10.9. The highest BCUT2D eigenvalue weighted by atomic mass is 28.4. The first kappa shape index (κ1) is 35.2. The molecule has 3 rings (SSSR count). The Morgan fingerprint density at radius 1 is 0.929 bits per heavy atom. The first-order valence-corrected chi connectivity index (χ1v) is 22.2. The van der Waals surface area contributed by atoms with Crippen molar-refractivity contribution in [3.63, 3.8) is 0 Å². The van der Waals surface area contributed by atoms with Crippen LogP contribution in [0.4, 0.5) is 0 Å². The maximum atomic E-state index is 11.0. The molecule has 0 bridgehead atoms. The summed E-state index contributed by atoms with van der Waals surface area (Å²) < 4.78 is 14.1. The third-order valence-corrected chi connectivity index (χ3v) is 20.9. The summed E-state index contributed by atoms with van der Waals surface area (Å²) in [7, 11) is -4.05. The summed E-state index contributed by atoms with van der Waals surface area (Å²) in [5.41, 5.74) is 6.48. The lowest BCUT2D eigenvalue weighted by atomic mass is 9.62. The fraction of sp³-hybridized carbons (Fsp3) is 0.703. The lowest BCUT2D eigenvalue weighted by Crippen LogP contribution is -2.50. The Morgan fingerprint density at radius 3 is 1.93 bits per heavy atom. The summed E-state index contributed by atoms with van der Waals surface area (Å²) in [5.74, 6) is 1.14. The van der Waals surface area contributed by atoms with Crippen molar-refractivity contribution in [1.29, 1.82) is 0 Å². The van der Waals surface area contributed by atoms with Crippen LogP contribution >= 0.6 is 0 Å². The van der Waals surface area contributed by atoms with Crippen molar-refractivity contribution in [1.82, 2.24) is 0 Å². The molecule has 236 valence electrons. The molecule has 5 atom stereocenters. The van der Waals surface area contributed by atoms with E-state index < -0.39 is 16.6 Å². The van der Waals surface area contributed by atoms with E-state index in [-0.39, 0.29) is 27.7 Å². The van der Waals surface area contributed by atoms with Gasteiger partial charge in [-0.05, 0) is 109 Å². The van der Waals surface area contributed by atoms with Crippen LogP contribution in [0, 0.1) is 17.3 Å². The van der Waals surface area contributed by atoms with Crippen molar-refractivity contribution in [2.75, 3.05) is 0 Å². The molecule has 0 spiro atoms. The second-order valence-electron chi connectivity index (χ2n) is 16.7. The van der Waals surface area contributed by atoms with E-state index in [1.165, 1.54) is 31.3 Å². The summed E-state index contributed by atoms with van der Waals surface area (Å²) in [6.45, 7) is 37.2. The molecule has 0 N–H and O–H groups in total. The molecule has 0 saturated heterocycles. The minimum absolute atomic E-state index is 0.0612. The third-order valence-electron chi connectivity index (χ3n) is 11.9. The standard InChI is InChI=1S/C37H62O3Si2/c1-26(17-16-24-38)31-21-22-32-29(18-15-23-37(31,32)10)19-20-30-27(2)33(39-41(11,12)35(4,5)6)25-34(28(30)3)40-42(13,14)36(7,8)9/h17,19-20,24,31-34H,2-3,15-16,18,21-23,25H2,1,4-14H3/t31-,32+,33+,34+,37-/m1/s1. The zero-order valence-corrected chi connectivity index (χ0v) is 31.2. The second kappa shape index (κ2) is 12.6. The fourth-order valence-electron chi connectivity index (χ4n) is 7.10. The van der Waals surface area contributed by atoms with Gasteiger partial charge in [-0.3, -0.25) is 0 Å². The highest BCUT2D eigenvalue weighted by Crippen LogP contribution is 2.59. The minimum Gasteiger partial charge on any atom is -0.410 e. The van der Waals surface area contributed by atoms with E-state index in [0.717, 1.165) is 35.8 Å². The van der Waals surface area contributed by atoms with Crippen molar-refractivity contribution >= 4 is 22.9 Å². The zero-order valence-electron chi connectivity index (χ0n) is 29.2. The molecule has 3 aliphatic carbocycles. The van der Waals surface area contributed by atoms with Crippen LogP contribution in [0.15, 0.2) is 59.3 Å². The largest absolute Gasteiger partial charge is 0.410 e. The van der Waals surface area contributed by atoms with Crippen molar-refractivity contribution < 1.29 is 13.6 Å². The average Bonchev–Trinajstić information content (AvgIpc) is 3.21. The number of carbonyl (C=O) groups is 1. The first-order chi connectivity index (χ1) is 19.2. The van der Waals surface area contributed by atoms with Gasteiger partial charge >= 0.3 is 0 Å². The average molecular weight is 611 g/mol. The van der Waals surface area contributed by atoms with Crippen molar-refractivity contribution in [2.45, 2.75) is 149 Å². The second-order valence-corrected chi connectivity index (χ2v) is 26.2. The Morgan fingerprint density at radius 2 is 1.45 bits per heavy atom. The number of aldehydes is 1. The molecule has 0 aliphatic heterocycles. The van der Waals surface area contributed by atoms with E-state index in [1.807, 2.05) is 0 Å². The van der Waals surface area contributed by atoms with Crippen LogP contribution in [0.25, 0.3) is 0 Å². The van der Waals surface area contributed by atoms with Gasteiger partial charge in [0.1, 0.15) is 6.29 Å². The van der Waals surface area contributed by atoms with Gasteiger partial charge in [0.2, 0.25) is 0 Å². The molecule has 0 unspecified atom stereocenters. The monoisotopic (exact) mass is 610 g/mol. The van der Waals surface area contributed by atoms with E-state index in [4.69, 9.17) is 8.85 Å². The van der Waals surface area contributed by atoms with Crippen molar-refractivity contribution in [3.05, 3.63) is 59.3 Å². The van der Waals surface area contributed by atoms with Gasteiger partial charge in [-0.1, -0.05) is 91.0 Å². The van der Waals surface area contributed by atoms with Crippen LogP contribution in [-0.2, 0) is 13.6 Å². The van der Waals surface area contributed by atoms with Gasteiger partial charge in [0.15, 0.2) is 16.6 Å². The zero-order chi connectivity index (χ0) is 31.9. The van der Waals surface area contributed by atoms with E-state index >= 15 is 0 Å². The molecule has 3 fully saturated rings. The van der Waals surface area contributed by atoms with E-state index in [9.17, 15) is 4.79 Å². The van der Waals surface area contributed by atoms with Gasteiger partial charge in [-0.25, -0.2) is 0 Å². The normalized spacial score (nSPS) is 31.0. The Balaban J connectivity index is 1.99. The SMILES string of the molecule is C=C1C(=CC=C2CCC[C@]3(C)[C@@H](C(C)=CCC=O)CC[C@@H]23)C(=C)[C@@H](O[Si](C)(C)C(C)(C)C)C[C@@H]1O[Si](C)(C)C(C)(C)C. The Kier molecular flexibility index (Phi) is 10.6. The molecule has 3 aliphatic rings. The molecular formula is C37H62O3Si2. The van der Waals surface area contributed by atoms with Crippen LogP contribution < -0.4 is 0 Å². The topological polar surface area (TPSA) is 35.5 Å². The fourth-order valence-corrected chi connectivity index (χ4v) is 9.71. The molecule has 0 radical (unpaired) electrons. The minimum atomic E-state index is -2.03. The highest BCUT2D eigenvalue weighted by molar-refractivity contribution is 6.74. The van der Waals surface area contributed by atoms with Gasteiger partial charge in [0.25, 0.3) is 0 Å². The molecule has 5 heteroatoms. The van der Waals surface area contributed by atoms with Gasteiger partial charge in [0.05, 0.1) is 12.2 Å². The van der Waals surface area contributed by atoms with Gasteiger partial charge < -0.3 is 13.6 Å². The lowest BCUT2D eigenvalue weighted by molar-refractivity contribution is -0.107. The van der Waals surface area contributed by atoms with E-state index in [2.05, 4.69) is 113 Å². The highest BCUT2D eigenvalue weighted by Gasteiger charge is 2.50. The molecule has 0 amide bonds. The quantitative estimate of drug-likeness (QED) is 0.156. The molecule has 3 saturated carbocycles. The molecule has 42 heavy (non-hydrogen) atoms. The summed E-state index contributed by atoms with van der Waals surface area (Å²) in [6, 6.07) is 0. The maximum Gasteiger partial charge on any atom is 0.192 e. The molecule has 0 heterocycles. The number of carbonyl (C=O) groups excluding carboxylic acids is 1. The predicted molar refractivity (Wildman–Crippen MR) is 186 cm³/mol. The van der Waals surface area contributed by atoms with E-state index in [1.54, 1.807) is 5.57 Å². The number of rotatable bonds is 8. The summed E-state index contributed by atoms with van der Waals surface area (Å²) >= 11 is 0. The van der Waals surface area contributed by atoms with Crippen LogP contribution in [0.2, 0.25) is 36.3 Å². The van der Waals surface area contributed by atoms with Gasteiger partial charge in [-0.15, -0.1) is 0 Å². The number of hydrogen-bond acceptors (Lipinski definition) is 3. The van der Waals surface area contributed by atoms with Crippen LogP contribution in [0.3, 0.4) is 0 Å². The Hall–Kier alpha value is -1.28. The van der Waals surface area contributed by atoms with E-state index in [0.29, 0.717) is 18.3 Å². The number of hydrogen-bond donors (Lipinski definition) is 0. The molecule has 3 nitrogen and oxygen atoms in total. The molecule has 0 aromatic heterocycles. The number of fused-ring (bicyclic) bond motifs is 1. The molecule has 0 aromatic rings. The summed E-state index contributed by atoms with van der Waals surface area (Å²) in [6.07, 6.45) is 15.2. The number of allylic oxidation sites excluding steroid dienone is 5. The third kappa shape index (κ3) is 7.16. The van der Waals surface area contributed by atoms with Gasteiger partial charge in [-0.2, -0.15) is 0 Å². The lowest BCUT2D eigenvalue weighted by Gasteiger charge is -2.46. The van der Waals surface area contributed by atoms with Crippen LogP contribution in [-0.4, -0.2) is 35.1 Å². The smallest absolute Gasteiger partial charge is 0.192 e. The molecule has 0 aromatic carbocycles. The molecular weight excluding hydrogens is 549 g/mol. The van der Waals surface area contributed by atoms with Crippen molar-refractivity contribution in [2.24, 2.45) is 17.3 Å². The Labute approximate surface area is 261 Å². The first-order valence-electron chi connectivity index (χ1n) is 16.4. The van der Waals surface area contributed by atoms with Gasteiger partial charge in [0, 0.05) is 12.8 Å².